The van der Waals surface area contributed by atoms with Crippen LogP contribution in [-0.2, 0) is 9.59 Å². The maximum atomic E-state index is 11.5. The first-order valence-corrected chi connectivity index (χ1v) is 15.0. The first-order chi connectivity index (χ1) is 13.9. The minimum absolute atomic E-state index is 0.0275. The highest BCUT2D eigenvalue weighted by Gasteiger charge is 2.30. The highest BCUT2D eigenvalue weighted by atomic mass is 32.2. The minimum Gasteiger partial charge on any atom is -0.282 e. The molecule has 3 heterocycles. The van der Waals surface area contributed by atoms with Gasteiger partial charge in [0.15, 0.2) is 0 Å². The van der Waals surface area contributed by atoms with Crippen molar-refractivity contribution in [2.45, 2.75) is 23.0 Å². The second-order valence-corrected chi connectivity index (χ2v) is 14.7. The number of hydrogen-bond donors (Lipinski definition) is 0. The van der Waals surface area contributed by atoms with Gasteiger partial charge in [0.1, 0.15) is 0 Å². The van der Waals surface area contributed by atoms with Crippen molar-refractivity contribution in [1.82, 2.24) is 0 Å². The molecule has 29 heavy (non-hydrogen) atoms. The molecule has 2 unspecified atom stereocenters. The van der Waals surface area contributed by atoms with E-state index in [2.05, 4.69) is 39.1 Å². The van der Waals surface area contributed by atoms with Crippen molar-refractivity contribution in [3.8, 4) is 0 Å². The summed E-state index contributed by atoms with van der Waals surface area (Å²) < 4.78 is 0.739. The van der Waals surface area contributed by atoms with E-state index in [4.69, 9.17) is 0 Å². The Morgan fingerprint density at radius 3 is 1.66 bits per heavy atom. The molecule has 0 bridgehead atoms. The molecular formula is C20H20O2S7. The number of hydrogen-bond acceptors (Lipinski definition) is 9. The Balaban J connectivity index is 1.57. The molecule has 0 amide bonds. The first kappa shape index (κ1) is 23.8. The van der Waals surface area contributed by atoms with Crippen LogP contribution in [0, 0.1) is 0 Å². The summed E-state index contributed by atoms with van der Waals surface area (Å²) in [4.78, 5) is 31.0. The minimum atomic E-state index is 0.0275. The predicted molar refractivity (Wildman–Crippen MR) is 141 cm³/mol. The van der Waals surface area contributed by atoms with Gasteiger partial charge in [-0.1, -0.05) is 36.7 Å². The van der Waals surface area contributed by atoms with Crippen LogP contribution in [0.25, 0.3) is 0 Å². The molecule has 0 fully saturated rings. The van der Waals surface area contributed by atoms with Gasteiger partial charge >= 0.3 is 0 Å². The Morgan fingerprint density at radius 2 is 1.28 bits per heavy atom. The van der Waals surface area contributed by atoms with Crippen molar-refractivity contribution >= 4 is 92.1 Å². The van der Waals surface area contributed by atoms with E-state index in [1.54, 1.807) is 0 Å². The molecule has 2 aliphatic rings. The van der Waals surface area contributed by atoms with Gasteiger partial charge in [0.25, 0.3) is 0 Å². The molecule has 154 valence electrons. The fourth-order valence-electron chi connectivity index (χ4n) is 2.44. The molecule has 0 radical (unpaired) electrons. The van der Waals surface area contributed by atoms with Crippen molar-refractivity contribution in [2.24, 2.45) is 0 Å². The van der Waals surface area contributed by atoms with Gasteiger partial charge < -0.3 is 0 Å². The fourth-order valence-corrected chi connectivity index (χ4v) is 11.8. The molecule has 0 aliphatic carbocycles. The van der Waals surface area contributed by atoms with E-state index in [1.807, 2.05) is 58.4 Å². The molecule has 0 aromatic carbocycles. The van der Waals surface area contributed by atoms with E-state index in [0.717, 1.165) is 11.5 Å². The molecule has 2 nitrogen and oxygen atoms in total. The number of carbonyl (C=O) groups is 2. The largest absolute Gasteiger partial charge is 0.282 e. The maximum Gasteiger partial charge on any atom is 0.211 e. The Hall–Kier alpha value is 0.1000. The topological polar surface area (TPSA) is 34.1 Å². The summed E-state index contributed by atoms with van der Waals surface area (Å²) in [5, 5.41) is 0.0549. The van der Waals surface area contributed by atoms with Crippen LogP contribution in [0.4, 0.5) is 0 Å². The number of thioether (sulfide) groups is 6. The highest BCUT2D eigenvalue weighted by molar-refractivity contribution is 8.24. The molecule has 9 heteroatoms. The van der Waals surface area contributed by atoms with Crippen LogP contribution >= 0.6 is 81.9 Å². The lowest BCUT2D eigenvalue weighted by atomic mass is 10.4. The number of carbonyl (C=O) groups excluding carboxylic acids is 2. The third-order valence-corrected chi connectivity index (χ3v) is 13.9. The van der Waals surface area contributed by atoms with Crippen LogP contribution in [0.5, 0.6) is 0 Å². The molecular weight excluding hydrogens is 497 g/mol. The molecule has 2 aliphatic heterocycles. The monoisotopic (exact) mass is 516 g/mol. The zero-order chi connectivity index (χ0) is 21.0. The van der Waals surface area contributed by atoms with E-state index in [1.165, 1.54) is 65.1 Å². The van der Waals surface area contributed by atoms with Gasteiger partial charge in [0.05, 0.1) is 9.16 Å². The average molecular weight is 517 g/mol. The summed E-state index contributed by atoms with van der Waals surface area (Å²) in [5.41, 5.74) is 0. The van der Waals surface area contributed by atoms with Crippen LogP contribution < -0.4 is 0 Å². The lowest BCUT2D eigenvalue weighted by Gasteiger charge is -2.08. The van der Waals surface area contributed by atoms with Crippen LogP contribution in [-0.4, -0.2) is 21.7 Å². The Labute approximate surface area is 201 Å². The molecule has 1 aromatic heterocycles. The summed E-state index contributed by atoms with van der Waals surface area (Å²) in [7, 11) is 0. The SMILES string of the molecule is C=CC(=O)SCC1=C(C)SC(c2ccc(C3SC(C)=C(CSC(=O)C=C)S3)s2)S1. The molecule has 0 N–H and O–H groups in total. The second kappa shape index (κ2) is 11.1. The van der Waals surface area contributed by atoms with Gasteiger partial charge in [0, 0.05) is 31.1 Å². The van der Waals surface area contributed by atoms with Crippen LogP contribution in [0.1, 0.15) is 32.8 Å². The van der Waals surface area contributed by atoms with E-state index >= 15 is 0 Å². The van der Waals surface area contributed by atoms with Gasteiger partial charge in [-0.2, -0.15) is 0 Å². The van der Waals surface area contributed by atoms with Gasteiger partial charge in [-0.15, -0.1) is 58.4 Å². The quantitative estimate of drug-likeness (QED) is 0.321. The van der Waals surface area contributed by atoms with E-state index in [-0.39, 0.29) is 10.2 Å². The van der Waals surface area contributed by atoms with Crippen molar-refractivity contribution in [3.05, 3.63) is 66.8 Å². The number of rotatable bonds is 8. The zero-order valence-corrected chi connectivity index (χ0v) is 21.7. The standard InChI is InChI=1S/C20H20O2S7/c1-5-17(21)23-9-15-11(3)25-19(28-15)13-7-8-14(27-13)20-26-12(4)16(29-20)10-24-18(22)6-2/h5-8,19-20H,1-2,9-10H2,3-4H3. The van der Waals surface area contributed by atoms with Gasteiger partial charge in [-0.3, -0.25) is 9.59 Å². The summed E-state index contributed by atoms with van der Waals surface area (Å²) in [6, 6.07) is 4.49. The molecule has 0 saturated heterocycles. The van der Waals surface area contributed by atoms with Crippen molar-refractivity contribution in [1.29, 1.82) is 0 Å². The van der Waals surface area contributed by atoms with Crippen LogP contribution in [0.3, 0.4) is 0 Å². The Bertz CT molecular complexity index is 826. The van der Waals surface area contributed by atoms with E-state index in [9.17, 15) is 9.59 Å². The molecule has 0 spiro atoms. The number of thiophene rings is 1. The third-order valence-electron chi connectivity index (χ3n) is 3.99. The van der Waals surface area contributed by atoms with Gasteiger partial charge in [0.2, 0.25) is 10.2 Å². The van der Waals surface area contributed by atoms with Crippen molar-refractivity contribution in [2.75, 3.05) is 11.5 Å². The van der Waals surface area contributed by atoms with Crippen molar-refractivity contribution in [3.63, 3.8) is 0 Å². The normalized spacial score (nSPS) is 21.7. The zero-order valence-electron chi connectivity index (χ0n) is 16.0. The Kier molecular flexibility index (Phi) is 9.10. The Morgan fingerprint density at radius 1 is 0.862 bits per heavy atom. The predicted octanol–water partition coefficient (Wildman–Crippen LogP) is 8.06. The summed E-state index contributed by atoms with van der Waals surface area (Å²) in [5.74, 6) is 1.45. The van der Waals surface area contributed by atoms with Crippen molar-refractivity contribution < 1.29 is 9.59 Å². The second-order valence-electron chi connectivity index (χ2n) is 5.96. The third kappa shape index (κ3) is 6.30. The smallest absolute Gasteiger partial charge is 0.211 e. The lowest BCUT2D eigenvalue weighted by molar-refractivity contribution is -0.107. The fraction of sp³-hybridized carbons (Fsp3) is 0.300. The summed E-state index contributed by atoms with van der Waals surface area (Å²) in [6.07, 6.45) is 2.76. The van der Waals surface area contributed by atoms with E-state index in [0.29, 0.717) is 9.16 Å². The first-order valence-electron chi connectivity index (χ1n) is 8.65. The van der Waals surface area contributed by atoms with Crippen LogP contribution in [0.15, 0.2) is 57.1 Å². The molecule has 0 saturated carbocycles. The average Bonchev–Trinajstić information content (AvgIpc) is 3.42. The van der Waals surface area contributed by atoms with E-state index < -0.39 is 0 Å². The van der Waals surface area contributed by atoms with Crippen LogP contribution in [0.2, 0.25) is 0 Å². The highest BCUT2D eigenvalue weighted by Crippen LogP contribution is 2.60. The van der Waals surface area contributed by atoms with Gasteiger partial charge in [-0.05, 0) is 47.9 Å². The number of allylic oxidation sites excluding steroid dienone is 2. The molecule has 3 rings (SSSR count). The summed E-state index contributed by atoms with van der Waals surface area (Å²) >= 11 is 12.0. The maximum absolute atomic E-state index is 11.5. The lowest BCUT2D eigenvalue weighted by Crippen LogP contribution is -1.89. The van der Waals surface area contributed by atoms with Gasteiger partial charge in [-0.25, -0.2) is 0 Å². The summed E-state index contributed by atoms with van der Waals surface area (Å²) in [6.45, 7) is 11.4. The molecule has 2 atom stereocenters. The molecule has 1 aromatic rings.